The molecule has 1 heterocycles. The second-order valence-electron chi connectivity index (χ2n) is 5.48. The minimum atomic E-state index is -3.34. The molecule has 0 radical (unpaired) electrons. The van der Waals surface area contributed by atoms with E-state index in [1.165, 1.54) is 4.90 Å². The van der Waals surface area contributed by atoms with Crippen molar-refractivity contribution in [2.45, 2.75) is 25.2 Å². The number of rotatable bonds is 2. The summed E-state index contributed by atoms with van der Waals surface area (Å²) in [7, 11) is -1.22. The summed E-state index contributed by atoms with van der Waals surface area (Å²) in [6.07, 6.45) is 0.927. The van der Waals surface area contributed by atoms with Gasteiger partial charge < -0.3 is 4.90 Å². The third-order valence-electron chi connectivity index (χ3n) is 3.76. The first-order chi connectivity index (χ1) is 8.91. The molecule has 19 heavy (non-hydrogen) atoms. The Morgan fingerprint density at radius 2 is 1.89 bits per heavy atom. The van der Waals surface area contributed by atoms with Gasteiger partial charge in [0.05, 0.1) is 31.6 Å². The third-order valence-corrected chi connectivity index (χ3v) is 5.80. The van der Waals surface area contributed by atoms with E-state index in [9.17, 15) is 8.42 Å². The minimum Gasteiger partial charge on any atom is -0.336 e. The predicted octanol–water partition coefficient (Wildman–Crippen LogP) is 0.213. The highest BCUT2D eigenvalue weighted by Crippen LogP contribution is 2.21. The van der Waals surface area contributed by atoms with Gasteiger partial charge in [-0.15, -0.1) is 0 Å². The van der Waals surface area contributed by atoms with Gasteiger partial charge in [-0.2, -0.15) is 4.31 Å². The summed E-state index contributed by atoms with van der Waals surface area (Å²) in [5.74, 6) is 0. The van der Waals surface area contributed by atoms with E-state index in [2.05, 4.69) is 7.05 Å². The Hall–Kier alpha value is -0.910. The van der Waals surface area contributed by atoms with Crippen LogP contribution >= 0.6 is 0 Å². The molecular formula is C14H23N2O2S+. The fourth-order valence-corrected chi connectivity index (χ4v) is 4.26. The van der Waals surface area contributed by atoms with Crippen molar-refractivity contribution in [2.75, 3.05) is 33.2 Å². The first-order valence-corrected chi connectivity index (χ1v) is 8.24. The fraction of sp³-hybridized carbons (Fsp3) is 0.571. The second-order valence-corrected chi connectivity index (χ2v) is 7.39. The number of hydrogen-bond donors (Lipinski definition) is 1. The molecule has 1 N–H and O–H groups in total. The topological polar surface area (TPSA) is 41.8 Å². The van der Waals surface area contributed by atoms with Crippen molar-refractivity contribution in [3.05, 3.63) is 29.3 Å². The summed E-state index contributed by atoms with van der Waals surface area (Å²) < 4.78 is 27.1. The van der Waals surface area contributed by atoms with E-state index in [1.807, 2.05) is 26.0 Å². The lowest BCUT2D eigenvalue weighted by atomic mass is 10.2. The van der Waals surface area contributed by atoms with E-state index < -0.39 is 10.0 Å². The number of quaternary nitrogens is 1. The van der Waals surface area contributed by atoms with Crippen LogP contribution < -0.4 is 4.90 Å². The first-order valence-electron chi connectivity index (χ1n) is 6.80. The van der Waals surface area contributed by atoms with Gasteiger partial charge in [0, 0.05) is 13.0 Å². The summed E-state index contributed by atoms with van der Waals surface area (Å²) in [5, 5.41) is 0. The molecule has 0 aromatic heterocycles. The maximum atomic E-state index is 12.7. The Morgan fingerprint density at radius 1 is 1.16 bits per heavy atom. The Kier molecular flexibility index (Phi) is 4.28. The van der Waals surface area contributed by atoms with E-state index >= 15 is 0 Å². The van der Waals surface area contributed by atoms with Crippen molar-refractivity contribution in [1.29, 1.82) is 0 Å². The lowest BCUT2D eigenvalue weighted by molar-refractivity contribution is -0.877. The van der Waals surface area contributed by atoms with Crippen LogP contribution in [0.5, 0.6) is 0 Å². The summed E-state index contributed by atoms with van der Waals surface area (Å²) in [4.78, 5) is 1.87. The summed E-state index contributed by atoms with van der Waals surface area (Å²) in [6, 6.07) is 5.62. The van der Waals surface area contributed by atoms with E-state index in [1.54, 1.807) is 10.4 Å². The number of likely N-dealkylation sites (N-methyl/N-ethyl adjacent to an activating group) is 1. The molecule has 1 aliphatic rings. The van der Waals surface area contributed by atoms with Crippen LogP contribution in [0.2, 0.25) is 0 Å². The Labute approximate surface area is 116 Å². The molecule has 5 heteroatoms. The quantitative estimate of drug-likeness (QED) is 0.843. The number of sulfonamides is 1. The monoisotopic (exact) mass is 283 g/mol. The SMILES string of the molecule is Cc1ccc(C)c(S(=O)(=O)N2CCC[NH+](C)CC2)c1. The van der Waals surface area contributed by atoms with Crippen molar-refractivity contribution in [3.8, 4) is 0 Å². The van der Waals surface area contributed by atoms with E-state index in [-0.39, 0.29) is 0 Å². The molecule has 2 rings (SSSR count). The molecule has 106 valence electrons. The van der Waals surface area contributed by atoms with Crippen LogP contribution in [0.3, 0.4) is 0 Å². The number of hydrogen-bond acceptors (Lipinski definition) is 2. The van der Waals surface area contributed by atoms with E-state index in [0.717, 1.165) is 30.6 Å². The number of benzene rings is 1. The predicted molar refractivity (Wildman–Crippen MR) is 75.9 cm³/mol. The Balaban J connectivity index is 2.33. The molecule has 0 bridgehead atoms. The molecule has 1 saturated heterocycles. The normalized spacial score (nSPS) is 22.2. The molecule has 1 aromatic rings. The van der Waals surface area contributed by atoms with Crippen molar-refractivity contribution in [1.82, 2.24) is 4.31 Å². The average Bonchev–Trinajstić information content (AvgIpc) is 2.57. The van der Waals surface area contributed by atoms with Gasteiger partial charge in [-0.25, -0.2) is 8.42 Å². The van der Waals surface area contributed by atoms with Crippen LogP contribution in [-0.2, 0) is 10.0 Å². The molecule has 0 aliphatic carbocycles. The first kappa shape index (κ1) is 14.5. The van der Waals surface area contributed by atoms with Crippen LogP contribution in [-0.4, -0.2) is 45.9 Å². The standard InChI is InChI=1S/C14H22N2O2S/c1-12-5-6-13(2)14(11-12)19(17,18)16-8-4-7-15(3)9-10-16/h5-6,11H,4,7-10H2,1-3H3/p+1. The molecular weight excluding hydrogens is 260 g/mol. The highest BCUT2D eigenvalue weighted by molar-refractivity contribution is 7.89. The van der Waals surface area contributed by atoms with Gasteiger partial charge in [-0.05, 0) is 31.0 Å². The summed E-state index contributed by atoms with van der Waals surface area (Å²) >= 11 is 0. The number of nitrogens with zero attached hydrogens (tertiary/aromatic N) is 1. The van der Waals surface area contributed by atoms with E-state index in [4.69, 9.17) is 0 Å². The minimum absolute atomic E-state index is 0.465. The molecule has 1 aliphatic heterocycles. The van der Waals surface area contributed by atoms with Crippen molar-refractivity contribution in [2.24, 2.45) is 0 Å². The smallest absolute Gasteiger partial charge is 0.243 e. The van der Waals surface area contributed by atoms with Gasteiger partial charge in [0.15, 0.2) is 0 Å². The largest absolute Gasteiger partial charge is 0.336 e. The highest BCUT2D eigenvalue weighted by Gasteiger charge is 2.28. The summed E-state index contributed by atoms with van der Waals surface area (Å²) in [6.45, 7) is 6.96. The lowest BCUT2D eigenvalue weighted by Gasteiger charge is -2.20. The van der Waals surface area contributed by atoms with Gasteiger partial charge in [0.2, 0.25) is 10.0 Å². The van der Waals surface area contributed by atoms with Gasteiger partial charge in [0.25, 0.3) is 0 Å². The molecule has 4 nitrogen and oxygen atoms in total. The molecule has 1 fully saturated rings. The van der Waals surface area contributed by atoms with Crippen LogP contribution in [0.4, 0.5) is 0 Å². The number of aryl methyl sites for hydroxylation is 2. The third kappa shape index (κ3) is 3.16. The van der Waals surface area contributed by atoms with Crippen molar-refractivity contribution >= 4 is 10.0 Å². The van der Waals surface area contributed by atoms with Gasteiger partial charge in [-0.3, -0.25) is 0 Å². The van der Waals surface area contributed by atoms with Gasteiger partial charge in [-0.1, -0.05) is 12.1 Å². The molecule has 1 unspecified atom stereocenters. The van der Waals surface area contributed by atoms with Gasteiger partial charge >= 0.3 is 0 Å². The van der Waals surface area contributed by atoms with Gasteiger partial charge in [0.1, 0.15) is 0 Å². The summed E-state index contributed by atoms with van der Waals surface area (Å²) in [5.41, 5.74) is 1.82. The van der Waals surface area contributed by atoms with Crippen LogP contribution in [0.15, 0.2) is 23.1 Å². The van der Waals surface area contributed by atoms with E-state index in [0.29, 0.717) is 18.0 Å². The van der Waals surface area contributed by atoms with Crippen molar-refractivity contribution in [3.63, 3.8) is 0 Å². The highest BCUT2D eigenvalue weighted by atomic mass is 32.2. The Bertz CT molecular complexity index is 555. The lowest BCUT2D eigenvalue weighted by Crippen LogP contribution is -3.09. The van der Waals surface area contributed by atoms with Crippen molar-refractivity contribution < 1.29 is 13.3 Å². The maximum Gasteiger partial charge on any atom is 0.243 e. The zero-order chi connectivity index (χ0) is 14.0. The molecule has 0 saturated carbocycles. The fourth-order valence-electron chi connectivity index (χ4n) is 2.47. The Morgan fingerprint density at radius 3 is 2.63 bits per heavy atom. The molecule has 0 amide bonds. The average molecular weight is 283 g/mol. The molecule has 0 spiro atoms. The zero-order valence-electron chi connectivity index (χ0n) is 11.9. The van der Waals surface area contributed by atoms with Crippen LogP contribution in [0, 0.1) is 13.8 Å². The maximum absolute atomic E-state index is 12.7. The molecule has 1 aromatic carbocycles. The number of nitrogens with one attached hydrogen (secondary N) is 1. The van der Waals surface area contributed by atoms with Crippen LogP contribution in [0.1, 0.15) is 17.5 Å². The van der Waals surface area contributed by atoms with Crippen LogP contribution in [0.25, 0.3) is 0 Å². The zero-order valence-corrected chi connectivity index (χ0v) is 12.8. The molecule has 1 atom stereocenters. The second kappa shape index (κ2) is 5.61.